The smallest absolute Gasteiger partial charge is 0.412 e. The third-order valence-electron chi connectivity index (χ3n) is 1.57. The van der Waals surface area contributed by atoms with Gasteiger partial charge < -0.3 is 4.74 Å². The summed E-state index contributed by atoms with van der Waals surface area (Å²) in [6.07, 6.45) is 1.06. The molecule has 0 radical (unpaired) electrons. The van der Waals surface area contributed by atoms with Crippen LogP contribution in [0.25, 0.3) is 6.08 Å². The molecular weight excluding hydrogens is 281 g/mol. The molecule has 0 saturated heterocycles. The fourth-order valence-electron chi connectivity index (χ4n) is 1.05. The van der Waals surface area contributed by atoms with E-state index in [1.807, 2.05) is 11.4 Å². The van der Waals surface area contributed by atoms with E-state index in [4.69, 9.17) is 27.9 Å². The molecule has 0 aliphatic carbocycles. The summed E-state index contributed by atoms with van der Waals surface area (Å²) in [7, 11) is 0. The number of nitrogens with one attached hydrogen (secondary N) is 1. The predicted molar refractivity (Wildman–Crippen MR) is 73.9 cm³/mol. The maximum Gasteiger partial charge on any atom is 0.412 e. The fraction of sp³-hybridized carbons (Fsp3) is 0.364. The Bertz CT molecular complexity index is 431. The lowest BCUT2D eigenvalue weighted by Crippen LogP contribution is -2.27. The van der Waals surface area contributed by atoms with Crippen molar-refractivity contribution < 1.29 is 9.53 Å². The van der Waals surface area contributed by atoms with E-state index in [2.05, 4.69) is 5.32 Å². The normalized spacial score (nSPS) is 10.9. The molecule has 0 saturated carbocycles. The molecule has 3 nitrogen and oxygen atoms in total. The topological polar surface area (TPSA) is 38.3 Å². The van der Waals surface area contributed by atoms with E-state index in [-0.39, 0.29) is 4.49 Å². The summed E-state index contributed by atoms with van der Waals surface area (Å²) < 4.78 is 5.28. The van der Waals surface area contributed by atoms with Crippen LogP contribution in [0.3, 0.4) is 0 Å². The van der Waals surface area contributed by atoms with Crippen LogP contribution in [0.5, 0.6) is 0 Å². The van der Waals surface area contributed by atoms with Crippen molar-refractivity contribution in [3.05, 3.63) is 21.5 Å². The summed E-state index contributed by atoms with van der Waals surface area (Å²) in [6, 6.07) is 1.81. The first-order valence-corrected chi connectivity index (χ1v) is 6.52. The minimum Gasteiger partial charge on any atom is -0.444 e. The molecule has 0 fully saturated rings. The van der Waals surface area contributed by atoms with Gasteiger partial charge in [0.15, 0.2) is 0 Å². The van der Waals surface area contributed by atoms with E-state index in [0.717, 1.165) is 5.56 Å². The number of ether oxygens (including phenoxy) is 1. The number of halogens is 2. The molecule has 0 aliphatic heterocycles. The second-order valence-electron chi connectivity index (χ2n) is 4.27. The number of thiophene rings is 1. The number of amides is 1. The number of hydrogen-bond acceptors (Lipinski definition) is 3. The molecule has 0 aliphatic rings. The highest BCUT2D eigenvalue weighted by Crippen LogP contribution is 2.27. The highest BCUT2D eigenvalue weighted by Gasteiger charge is 2.17. The van der Waals surface area contributed by atoms with Gasteiger partial charge in [-0.05, 0) is 38.3 Å². The van der Waals surface area contributed by atoms with Crippen LogP contribution in [0.4, 0.5) is 9.80 Å². The molecule has 94 valence electrons. The Labute approximate surface area is 114 Å². The van der Waals surface area contributed by atoms with Gasteiger partial charge in [-0.25, -0.2) is 4.79 Å². The zero-order chi connectivity index (χ0) is 13.1. The Kier molecular flexibility index (Phi) is 4.86. The van der Waals surface area contributed by atoms with Crippen LogP contribution in [0.15, 0.2) is 15.9 Å². The van der Waals surface area contributed by atoms with E-state index in [0.29, 0.717) is 5.00 Å². The first-order chi connectivity index (χ1) is 7.78. The van der Waals surface area contributed by atoms with Crippen LogP contribution >= 0.6 is 34.5 Å². The molecule has 17 heavy (non-hydrogen) atoms. The van der Waals surface area contributed by atoms with Crippen molar-refractivity contribution >= 4 is 51.7 Å². The zero-order valence-electron chi connectivity index (χ0n) is 9.71. The standard InChI is InChI=1S/C11H13Cl2NO2S/c1-11(2,3)16-10(15)14-9-7(4-5-17-9)6-8(12)13/h4-6H,1-3H3,(H,14,15). The maximum atomic E-state index is 11.6. The lowest BCUT2D eigenvalue weighted by atomic mass is 10.2. The average Bonchev–Trinajstić information content (AvgIpc) is 2.47. The summed E-state index contributed by atoms with van der Waals surface area (Å²) in [6.45, 7) is 5.41. The van der Waals surface area contributed by atoms with Crippen molar-refractivity contribution in [2.75, 3.05) is 5.32 Å². The Morgan fingerprint density at radius 3 is 2.65 bits per heavy atom. The quantitative estimate of drug-likeness (QED) is 0.845. The van der Waals surface area contributed by atoms with Gasteiger partial charge in [0.05, 0.1) is 0 Å². The second-order valence-corrected chi connectivity index (χ2v) is 6.19. The van der Waals surface area contributed by atoms with Crippen molar-refractivity contribution in [3.8, 4) is 0 Å². The van der Waals surface area contributed by atoms with E-state index < -0.39 is 11.7 Å². The van der Waals surface area contributed by atoms with Crippen LogP contribution in [0, 0.1) is 0 Å². The van der Waals surface area contributed by atoms with Crippen LogP contribution < -0.4 is 5.32 Å². The Balaban J connectivity index is 2.73. The van der Waals surface area contributed by atoms with Gasteiger partial charge in [-0.3, -0.25) is 5.32 Å². The van der Waals surface area contributed by atoms with Gasteiger partial charge in [-0.2, -0.15) is 0 Å². The number of anilines is 1. The molecule has 0 spiro atoms. The maximum absolute atomic E-state index is 11.6. The lowest BCUT2D eigenvalue weighted by molar-refractivity contribution is 0.0636. The molecule has 0 atom stereocenters. The van der Waals surface area contributed by atoms with E-state index in [9.17, 15) is 4.79 Å². The number of carbonyl (C=O) groups excluding carboxylic acids is 1. The molecule has 1 heterocycles. The molecule has 0 unspecified atom stereocenters. The van der Waals surface area contributed by atoms with E-state index in [1.165, 1.54) is 11.3 Å². The molecule has 6 heteroatoms. The van der Waals surface area contributed by atoms with Crippen molar-refractivity contribution in [2.45, 2.75) is 26.4 Å². The SMILES string of the molecule is CC(C)(C)OC(=O)Nc1sccc1C=C(Cl)Cl. The fourth-order valence-corrected chi connectivity index (χ4v) is 2.04. The van der Waals surface area contributed by atoms with Gasteiger partial charge in [0.25, 0.3) is 0 Å². The van der Waals surface area contributed by atoms with Gasteiger partial charge in [-0.15, -0.1) is 11.3 Å². The van der Waals surface area contributed by atoms with Crippen LogP contribution in [-0.4, -0.2) is 11.7 Å². The van der Waals surface area contributed by atoms with Gasteiger partial charge >= 0.3 is 6.09 Å². The Morgan fingerprint density at radius 1 is 1.47 bits per heavy atom. The van der Waals surface area contributed by atoms with Gasteiger partial charge in [-0.1, -0.05) is 23.2 Å². The first kappa shape index (κ1) is 14.4. The molecular formula is C11H13Cl2NO2S. The van der Waals surface area contributed by atoms with Gasteiger partial charge in [0.2, 0.25) is 0 Å². The van der Waals surface area contributed by atoms with Crippen molar-refractivity contribution in [1.82, 2.24) is 0 Å². The summed E-state index contributed by atoms with van der Waals surface area (Å²) in [5, 5.41) is 5.13. The first-order valence-electron chi connectivity index (χ1n) is 4.88. The number of hydrogen-bond donors (Lipinski definition) is 1. The van der Waals surface area contributed by atoms with Crippen molar-refractivity contribution in [1.29, 1.82) is 0 Å². The highest BCUT2D eigenvalue weighted by molar-refractivity contribution is 7.14. The van der Waals surface area contributed by atoms with E-state index in [1.54, 1.807) is 26.8 Å². The zero-order valence-corrected chi connectivity index (χ0v) is 12.0. The molecule has 1 rings (SSSR count). The van der Waals surface area contributed by atoms with Gasteiger partial charge in [0.1, 0.15) is 15.1 Å². The lowest BCUT2D eigenvalue weighted by Gasteiger charge is -2.19. The minimum atomic E-state index is -0.526. The third-order valence-corrected chi connectivity index (χ3v) is 2.64. The van der Waals surface area contributed by atoms with Crippen molar-refractivity contribution in [3.63, 3.8) is 0 Å². The monoisotopic (exact) mass is 293 g/mol. The third kappa shape index (κ3) is 5.44. The summed E-state index contributed by atoms with van der Waals surface area (Å²) in [4.78, 5) is 11.6. The molecule has 1 aromatic heterocycles. The second kappa shape index (κ2) is 5.76. The molecule has 1 aromatic rings. The van der Waals surface area contributed by atoms with E-state index >= 15 is 0 Å². The largest absolute Gasteiger partial charge is 0.444 e. The minimum absolute atomic E-state index is 0.135. The molecule has 0 bridgehead atoms. The summed E-state index contributed by atoms with van der Waals surface area (Å²) >= 11 is 12.5. The summed E-state index contributed by atoms with van der Waals surface area (Å²) in [5.74, 6) is 0. The number of carbonyl (C=O) groups is 1. The average molecular weight is 294 g/mol. The molecule has 1 N–H and O–H groups in total. The molecule has 1 amide bonds. The van der Waals surface area contributed by atoms with Crippen LogP contribution in [-0.2, 0) is 4.74 Å². The molecule has 0 aromatic carbocycles. The Morgan fingerprint density at radius 2 is 2.12 bits per heavy atom. The van der Waals surface area contributed by atoms with Crippen molar-refractivity contribution in [2.24, 2.45) is 0 Å². The van der Waals surface area contributed by atoms with Gasteiger partial charge in [0, 0.05) is 5.56 Å². The van der Waals surface area contributed by atoms with Crippen LogP contribution in [0.2, 0.25) is 0 Å². The Hall–Kier alpha value is -0.710. The number of rotatable bonds is 2. The predicted octanol–water partition coefficient (Wildman–Crippen LogP) is 4.87. The van der Waals surface area contributed by atoms with Crippen LogP contribution in [0.1, 0.15) is 26.3 Å². The highest BCUT2D eigenvalue weighted by atomic mass is 35.5. The summed E-state index contributed by atoms with van der Waals surface area (Å²) in [5.41, 5.74) is 0.224.